The first kappa shape index (κ1) is 16.0. The zero-order valence-corrected chi connectivity index (χ0v) is 12.6. The maximum atomic E-state index is 13.3. The highest BCUT2D eigenvalue weighted by Gasteiger charge is 2.03. The maximum absolute atomic E-state index is 13.3. The Morgan fingerprint density at radius 2 is 2.05 bits per heavy atom. The predicted molar refractivity (Wildman–Crippen MR) is 85.0 cm³/mol. The summed E-state index contributed by atoms with van der Waals surface area (Å²) in [6, 6.07) is 8.68. The number of aromatic nitrogens is 1. The van der Waals surface area contributed by atoms with E-state index in [1.807, 2.05) is 24.5 Å². The Kier molecular flexibility index (Phi) is 5.97. The van der Waals surface area contributed by atoms with Gasteiger partial charge in [-0.25, -0.2) is 4.39 Å². The van der Waals surface area contributed by atoms with E-state index in [9.17, 15) is 4.39 Å². The topological polar surface area (TPSA) is 61.6 Å². The van der Waals surface area contributed by atoms with Crippen LogP contribution >= 0.6 is 0 Å². The number of rotatable bonds is 6. The summed E-state index contributed by atoms with van der Waals surface area (Å²) < 4.78 is 15.4. The average molecular weight is 304 g/mol. The Balaban J connectivity index is 1.80. The van der Waals surface area contributed by atoms with Crippen molar-refractivity contribution in [2.45, 2.75) is 19.7 Å². The molecule has 1 heterocycles. The van der Waals surface area contributed by atoms with Gasteiger partial charge in [-0.2, -0.15) is 0 Å². The van der Waals surface area contributed by atoms with E-state index >= 15 is 0 Å². The van der Waals surface area contributed by atoms with Gasteiger partial charge in [-0.1, -0.05) is 6.07 Å². The fourth-order valence-corrected chi connectivity index (χ4v) is 2.09. The molecular formula is C16H21FN4O. The van der Waals surface area contributed by atoms with Crippen molar-refractivity contribution in [1.29, 1.82) is 0 Å². The lowest BCUT2D eigenvalue weighted by atomic mass is 10.1. The summed E-state index contributed by atoms with van der Waals surface area (Å²) in [5.74, 6) is 0.294. The molecule has 0 unspecified atom stereocenters. The molecule has 0 aliphatic carbocycles. The Hall–Kier alpha value is -2.34. The van der Waals surface area contributed by atoms with Crippen LogP contribution in [0.5, 0.6) is 0 Å². The van der Waals surface area contributed by atoms with Gasteiger partial charge in [0.25, 0.3) is 0 Å². The Morgan fingerprint density at radius 3 is 2.73 bits per heavy atom. The molecule has 6 heteroatoms. The average Bonchev–Trinajstić information content (AvgIpc) is 3.05. The summed E-state index contributed by atoms with van der Waals surface area (Å²) in [6.45, 7) is 1.80. The number of halogens is 1. The quantitative estimate of drug-likeness (QED) is 0.560. The molecule has 118 valence electrons. The van der Waals surface area contributed by atoms with E-state index < -0.39 is 0 Å². The second-order valence-electron chi connectivity index (χ2n) is 4.86. The van der Waals surface area contributed by atoms with Crippen LogP contribution in [-0.2, 0) is 19.7 Å². The molecule has 0 aliphatic heterocycles. The Morgan fingerprint density at radius 1 is 1.27 bits per heavy atom. The largest absolute Gasteiger partial charge is 0.392 e. The van der Waals surface area contributed by atoms with E-state index in [-0.39, 0.29) is 12.4 Å². The fourth-order valence-electron chi connectivity index (χ4n) is 2.09. The maximum Gasteiger partial charge on any atom is 0.191 e. The first-order valence-electron chi connectivity index (χ1n) is 7.16. The van der Waals surface area contributed by atoms with Crippen molar-refractivity contribution in [3.05, 3.63) is 59.7 Å². The van der Waals surface area contributed by atoms with Crippen LogP contribution in [0, 0.1) is 5.82 Å². The van der Waals surface area contributed by atoms with Crippen LogP contribution in [0.1, 0.15) is 11.1 Å². The first-order valence-corrected chi connectivity index (χ1v) is 7.16. The van der Waals surface area contributed by atoms with Crippen molar-refractivity contribution < 1.29 is 9.50 Å². The molecule has 0 fully saturated rings. The number of aliphatic hydroxyl groups is 1. The Bertz CT molecular complexity index is 611. The molecule has 0 saturated heterocycles. The molecule has 0 bridgehead atoms. The van der Waals surface area contributed by atoms with Gasteiger partial charge in [0.2, 0.25) is 0 Å². The molecule has 0 aliphatic rings. The molecular weight excluding hydrogens is 283 g/mol. The molecule has 1 aromatic carbocycles. The number of hydrogen-bond donors (Lipinski definition) is 3. The van der Waals surface area contributed by atoms with Crippen molar-refractivity contribution in [2.75, 3.05) is 13.6 Å². The van der Waals surface area contributed by atoms with E-state index in [1.54, 1.807) is 19.2 Å². The van der Waals surface area contributed by atoms with E-state index in [0.29, 0.717) is 18.1 Å². The molecule has 2 aromatic rings. The summed E-state index contributed by atoms with van der Waals surface area (Å²) in [5, 5.41) is 15.4. The Labute approximate surface area is 129 Å². The van der Waals surface area contributed by atoms with Gasteiger partial charge >= 0.3 is 0 Å². The summed E-state index contributed by atoms with van der Waals surface area (Å²) in [6.07, 6.45) is 4.01. The third-order valence-corrected chi connectivity index (χ3v) is 3.29. The molecule has 3 N–H and O–H groups in total. The summed E-state index contributed by atoms with van der Waals surface area (Å²) in [5.41, 5.74) is 1.19. The standard InChI is InChI=1S/C16H21FN4O/c1-18-16(19-6-9-21-7-2-3-8-21)20-11-13-4-5-15(17)14(10-13)12-22/h2-5,7-8,10,22H,6,9,11-12H2,1H3,(H2,18,19,20). The summed E-state index contributed by atoms with van der Waals surface area (Å²) in [4.78, 5) is 4.14. The third kappa shape index (κ3) is 4.60. The second-order valence-corrected chi connectivity index (χ2v) is 4.86. The minimum atomic E-state index is -0.388. The van der Waals surface area contributed by atoms with E-state index in [0.717, 1.165) is 18.7 Å². The van der Waals surface area contributed by atoms with Crippen LogP contribution in [0.15, 0.2) is 47.7 Å². The van der Waals surface area contributed by atoms with Crippen LogP contribution in [0.25, 0.3) is 0 Å². The minimum Gasteiger partial charge on any atom is -0.392 e. The number of nitrogens with zero attached hydrogens (tertiary/aromatic N) is 2. The van der Waals surface area contributed by atoms with Crippen molar-refractivity contribution in [3.8, 4) is 0 Å². The van der Waals surface area contributed by atoms with Crippen LogP contribution in [0.4, 0.5) is 4.39 Å². The number of aliphatic hydroxyl groups excluding tert-OH is 1. The first-order chi connectivity index (χ1) is 10.7. The lowest BCUT2D eigenvalue weighted by Gasteiger charge is -2.13. The highest BCUT2D eigenvalue weighted by atomic mass is 19.1. The zero-order chi connectivity index (χ0) is 15.8. The van der Waals surface area contributed by atoms with Gasteiger partial charge in [0.15, 0.2) is 5.96 Å². The highest BCUT2D eigenvalue weighted by molar-refractivity contribution is 5.79. The molecule has 5 nitrogen and oxygen atoms in total. The molecule has 1 aromatic heterocycles. The second kappa shape index (κ2) is 8.19. The molecule has 22 heavy (non-hydrogen) atoms. The van der Waals surface area contributed by atoms with Gasteiger partial charge in [-0.05, 0) is 29.8 Å². The fraction of sp³-hybridized carbons (Fsp3) is 0.312. The van der Waals surface area contributed by atoms with E-state index in [1.165, 1.54) is 6.07 Å². The lowest BCUT2D eigenvalue weighted by Crippen LogP contribution is -2.38. The normalized spacial score (nSPS) is 11.5. The smallest absolute Gasteiger partial charge is 0.191 e. The number of hydrogen-bond acceptors (Lipinski definition) is 2. The molecule has 0 atom stereocenters. The van der Waals surface area contributed by atoms with Gasteiger partial charge in [-0.15, -0.1) is 0 Å². The predicted octanol–water partition coefficient (Wildman–Crippen LogP) is 1.48. The number of guanidine groups is 1. The zero-order valence-electron chi connectivity index (χ0n) is 12.6. The SMILES string of the molecule is CN=C(NCCn1cccc1)NCc1ccc(F)c(CO)c1. The number of aliphatic imine (C=N–C) groups is 1. The van der Waals surface area contributed by atoms with Crippen LogP contribution in [0.2, 0.25) is 0 Å². The van der Waals surface area contributed by atoms with Gasteiger partial charge in [0.1, 0.15) is 5.82 Å². The van der Waals surface area contributed by atoms with Crippen molar-refractivity contribution >= 4 is 5.96 Å². The molecule has 0 radical (unpaired) electrons. The molecule has 2 rings (SSSR count). The van der Waals surface area contributed by atoms with Crippen molar-refractivity contribution in [3.63, 3.8) is 0 Å². The van der Waals surface area contributed by atoms with Gasteiger partial charge < -0.3 is 20.3 Å². The van der Waals surface area contributed by atoms with Crippen LogP contribution in [0.3, 0.4) is 0 Å². The number of benzene rings is 1. The molecule has 0 amide bonds. The summed E-state index contributed by atoms with van der Waals surface area (Å²) >= 11 is 0. The molecule has 0 spiro atoms. The third-order valence-electron chi connectivity index (χ3n) is 3.29. The lowest BCUT2D eigenvalue weighted by molar-refractivity contribution is 0.275. The monoisotopic (exact) mass is 304 g/mol. The van der Waals surface area contributed by atoms with E-state index in [4.69, 9.17) is 5.11 Å². The molecule has 0 saturated carbocycles. The summed E-state index contributed by atoms with van der Waals surface area (Å²) in [7, 11) is 1.70. The van der Waals surface area contributed by atoms with Gasteiger partial charge in [0, 0.05) is 44.6 Å². The van der Waals surface area contributed by atoms with E-state index in [2.05, 4.69) is 20.2 Å². The van der Waals surface area contributed by atoms with Gasteiger partial charge in [0.05, 0.1) is 6.61 Å². The number of nitrogens with one attached hydrogen (secondary N) is 2. The van der Waals surface area contributed by atoms with Crippen molar-refractivity contribution in [1.82, 2.24) is 15.2 Å². The highest BCUT2D eigenvalue weighted by Crippen LogP contribution is 2.10. The van der Waals surface area contributed by atoms with Crippen LogP contribution < -0.4 is 10.6 Å². The van der Waals surface area contributed by atoms with Crippen LogP contribution in [-0.4, -0.2) is 29.2 Å². The van der Waals surface area contributed by atoms with Crippen molar-refractivity contribution in [2.24, 2.45) is 4.99 Å². The van der Waals surface area contributed by atoms with Gasteiger partial charge in [-0.3, -0.25) is 4.99 Å². The minimum absolute atomic E-state index is 0.301.